The fourth-order valence-corrected chi connectivity index (χ4v) is 3.59. The van der Waals surface area contributed by atoms with Gasteiger partial charge in [-0.25, -0.2) is 0 Å². The summed E-state index contributed by atoms with van der Waals surface area (Å²) in [6.45, 7) is 0. The molecule has 1 aliphatic heterocycles. The Bertz CT molecular complexity index is 932. The smallest absolute Gasteiger partial charge is 0.294 e. The number of hydrogen-bond donors (Lipinski definition) is 1. The van der Waals surface area contributed by atoms with Crippen molar-refractivity contribution in [2.24, 2.45) is 5.92 Å². The SMILES string of the molecule is O=C(C1=C(O)C(=O)N(c2cccc(Cl)c2)C1c1ccc(Cl)cc1)C1CC1. The number of carbonyl (C=O) groups excluding carboxylic acids is 2. The maximum Gasteiger partial charge on any atom is 0.294 e. The lowest BCUT2D eigenvalue weighted by Gasteiger charge is -2.27. The molecule has 0 saturated heterocycles. The van der Waals surface area contributed by atoms with Crippen molar-refractivity contribution in [1.29, 1.82) is 0 Å². The van der Waals surface area contributed by atoms with Crippen LogP contribution in [0.25, 0.3) is 0 Å². The minimum Gasteiger partial charge on any atom is -0.503 e. The monoisotopic (exact) mass is 387 g/mol. The van der Waals surface area contributed by atoms with E-state index in [1.54, 1.807) is 48.5 Å². The number of aliphatic hydroxyl groups is 1. The number of rotatable bonds is 4. The number of Topliss-reactive ketones (excluding diaryl/α,β-unsaturated/α-hetero) is 1. The number of halogens is 2. The van der Waals surface area contributed by atoms with E-state index in [1.165, 1.54) is 4.90 Å². The molecule has 1 saturated carbocycles. The highest BCUT2D eigenvalue weighted by molar-refractivity contribution is 6.31. The van der Waals surface area contributed by atoms with Gasteiger partial charge in [0.1, 0.15) is 0 Å². The standard InChI is InChI=1S/C20H15Cl2NO3/c21-13-8-6-11(7-9-13)17-16(18(24)12-4-5-12)19(25)20(26)23(17)15-3-1-2-14(22)10-15/h1-3,6-10,12,17,25H,4-5H2. The van der Waals surface area contributed by atoms with Crippen molar-refractivity contribution < 1.29 is 14.7 Å². The largest absolute Gasteiger partial charge is 0.503 e. The quantitative estimate of drug-likeness (QED) is 0.813. The van der Waals surface area contributed by atoms with Crippen LogP contribution in [0, 0.1) is 5.92 Å². The summed E-state index contributed by atoms with van der Waals surface area (Å²) in [6, 6.07) is 13.0. The van der Waals surface area contributed by atoms with Crippen LogP contribution in [0.15, 0.2) is 59.9 Å². The molecule has 1 amide bonds. The highest BCUT2D eigenvalue weighted by atomic mass is 35.5. The van der Waals surface area contributed by atoms with Crippen LogP contribution in [-0.4, -0.2) is 16.8 Å². The van der Waals surface area contributed by atoms with Gasteiger partial charge in [0, 0.05) is 21.7 Å². The molecule has 1 aliphatic carbocycles. The molecule has 1 N–H and O–H groups in total. The zero-order valence-electron chi connectivity index (χ0n) is 13.7. The molecule has 0 spiro atoms. The Labute approximate surface area is 160 Å². The summed E-state index contributed by atoms with van der Waals surface area (Å²) in [5.41, 5.74) is 1.38. The molecule has 4 rings (SSSR count). The van der Waals surface area contributed by atoms with Crippen LogP contribution < -0.4 is 4.90 Å². The van der Waals surface area contributed by atoms with Gasteiger partial charge in [-0.3, -0.25) is 14.5 Å². The summed E-state index contributed by atoms with van der Waals surface area (Å²) >= 11 is 12.1. The van der Waals surface area contributed by atoms with Crippen LogP contribution >= 0.6 is 23.2 Å². The molecular formula is C20H15Cl2NO3. The van der Waals surface area contributed by atoms with Crippen LogP contribution in [0.2, 0.25) is 10.0 Å². The molecule has 4 nitrogen and oxygen atoms in total. The van der Waals surface area contributed by atoms with Gasteiger partial charge in [-0.2, -0.15) is 0 Å². The number of benzene rings is 2. The van der Waals surface area contributed by atoms with Crippen molar-refractivity contribution in [2.75, 3.05) is 4.90 Å². The second kappa shape index (κ2) is 6.45. The Balaban J connectivity index is 1.86. The van der Waals surface area contributed by atoms with Crippen LogP contribution in [0.3, 0.4) is 0 Å². The van der Waals surface area contributed by atoms with E-state index in [1.807, 2.05) is 0 Å². The summed E-state index contributed by atoms with van der Waals surface area (Å²) in [5, 5.41) is 11.5. The lowest BCUT2D eigenvalue weighted by molar-refractivity contribution is -0.118. The molecule has 1 heterocycles. The summed E-state index contributed by atoms with van der Waals surface area (Å²) in [7, 11) is 0. The second-order valence-corrected chi connectivity index (χ2v) is 7.38. The summed E-state index contributed by atoms with van der Waals surface area (Å²) in [4.78, 5) is 27.0. The van der Waals surface area contributed by atoms with Crippen LogP contribution in [0.4, 0.5) is 5.69 Å². The van der Waals surface area contributed by atoms with Crippen molar-refractivity contribution in [1.82, 2.24) is 0 Å². The van der Waals surface area contributed by atoms with E-state index in [4.69, 9.17) is 23.2 Å². The van der Waals surface area contributed by atoms with Crippen molar-refractivity contribution in [3.63, 3.8) is 0 Å². The number of hydrogen-bond acceptors (Lipinski definition) is 3. The van der Waals surface area contributed by atoms with Crippen molar-refractivity contribution in [3.8, 4) is 0 Å². The lowest BCUT2D eigenvalue weighted by Crippen LogP contribution is -2.31. The Morgan fingerprint density at radius 1 is 1.04 bits per heavy atom. The fraction of sp³-hybridized carbons (Fsp3) is 0.200. The maximum absolute atomic E-state index is 12.8. The Morgan fingerprint density at radius 3 is 2.35 bits per heavy atom. The molecule has 0 aromatic heterocycles. The second-order valence-electron chi connectivity index (χ2n) is 6.51. The Morgan fingerprint density at radius 2 is 1.73 bits per heavy atom. The minimum atomic E-state index is -0.702. The summed E-state index contributed by atoms with van der Waals surface area (Å²) < 4.78 is 0. The van der Waals surface area contributed by atoms with Crippen molar-refractivity contribution >= 4 is 40.6 Å². The molecule has 6 heteroatoms. The van der Waals surface area contributed by atoms with Crippen molar-refractivity contribution in [2.45, 2.75) is 18.9 Å². The predicted molar refractivity (Wildman–Crippen MR) is 101 cm³/mol. The van der Waals surface area contributed by atoms with Gasteiger partial charge in [-0.05, 0) is 48.7 Å². The number of ketones is 1. The number of anilines is 1. The van der Waals surface area contributed by atoms with E-state index in [0.717, 1.165) is 12.8 Å². The predicted octanol–water partition coefficient (Wildman–Crippen LogP) is 4.87. The van der Waals surface area contributed by atoms with Gasteiger partial charge < -0.3 is 5.11 Å². The summed E-state index contributed by atoms with van der Waals surface area (Å²) in [6.07, 6.45) is 1.57. The van der Waals surface area contributed by atoms with Gasteiger partial charge >= 0.3 is 0 Å². The first kappa shape index (κ1) is 17.1. The topological polar surface area (TPSA) is 57.6 Å². The summed E-state index contributed by atoms with van der Waals surface area (Å²) in [5.74, 6) is -1.37. The molecule has 1 fully saturated rings. The van der Waals surface area contributed by atoms with Gasteiger partial charge in [0.15, 0.2) is 11.5 Å². The molecule has 0 bridgehead atoms. The molecular weight excluding hydrogens is 373 g/mol. The van der Waals surface area contributed by atoms with Gasteiger partial charge in [-0.15, -0.1) is 0 Å². The molecule has 1 atom stereocenters. The van der Waals surface area contributed by atoms with Crippen LogP contribution in [-0.2, 0) is 9.59 Å². The average molecular weight is 388 g/mol. The first-order chi connectivity index (χ1) is 12.5. The van der Waals surface area contributed by atoms with Gasteiger partial charge in [0.05, 0.1) is 11.6 Å². The first-order valence-electron chi connectivity index (χ1n) is 8.29. The normalized spacial score (nSPS) is 20.0. The third-order valence-electron chi connectivity index (χ3n) is 4.69. The van der Waals surface area contributed by atoms with Gasteiger partial charge in [0.25, 0.3) is 5.91 Å². The van der Waals surface area contributed by atoms with E-state index in [9.17, 15) is 14.7 Å². The van der Waals surface area contributed by atoms with E-state index in [0.29, 0.717) is 21.3 Å². The van der Waals surface area contributed by atoms with Gasteiger partial charge in [0.2, 0.25) is 0 Å². The molecule has 1 unspecified atom stereocenters. The van der Waals surface area contributed by atoms with E-state index < -0.39 is 17.7 Å². The number of aliphatic hydroxyl groups excluding tert-OH is 1. The number of amides is 1. The number of nitrogens with zero attached hydrogens (tertiary/aromatic N) is 1. The van der Waals surface area contributed by atoms with E-state index >= 15 is 0 Å². The molecule has 132 valence electrons. The molecule has 2 aromatic rings. The van der Waals surface area contributed by atoms with Crippen LogP contribution in [0.5, 0.6) is 0 Å². The Hall–Kier alpha value is -2.30. The zero-order valence-corrected chi connectivity index (χ0v) is 15.2. The fourth-order valence-electron chi connectivity index (χ4n) is 3.28. The first-order valence-corrected chi connectivity index (χ1v) is 9.05. The molecule has 2 aliphatic rings. The number of carbonyl (C=O) groups is 2. The average Bonchev–Trinajstić information content (AvgIpc) is 3.43. The lowest BCUT2D eigenvalue weighted by atomic mass is 9.94. The maximum atomic E-state index is 12.8. The third kappa shape index (κ3) is 2.89. The highest BCUT2D eigenvalue weighted by Crippen LogP contribution is 2.45. The molecule has 2 aromatic carbocycles. The molecule has 0 radical (unpaired) electrons. The molecule has 26 heavy (non-hydrogen) atoms. The highest BCUT2D eigenvalue weighted by Gasteiger charge is 2.47. The van der Waals surface area contributed by atoms with E-state index in [-0.39, 0.29) is 17.3 Å². The zero-order chi connectivity index (χ0) is 18.4. The van der Waals surface area contributed by atoms with E-state index in [2.05, 4.69) is 0 Å². The van der Waals surface area contributed by atoms with Gasteiger partial charge in [-0.1, -0.05) is 41.4 Å². The third-order valence-corrected chi connectivity index (χ3v) is 5.18. The minimum absolute atomic E-state index is 0.117. The van der Waals surface area contributed by atoms with Crippen LogP contribution in [0.1, 0.15) is 24.4 Å². The Kier molecular flexibility index (Phi) is 4.25. The van der Waals surface area contributed by atoms with Crippen molar-refractivity contribution in [3.05, 3.63) is 75.5 Å².